The van der Waals surface area contributed by atoms with Crippen LogP contribution in [0.2, 0.25) is 0 Å². The highest BCUT2D eigenvalue weighted by molar-refractivity contribution is 7.93. The van der Waals surface area contributed by atoms with Crippen molar-refractivity contribution in [1.82, 2.24) is 10.8 Å². The van der Waals surface area contributed by atoms with Gasteiger partial charge in [0.25, 0.3) is 11.8 Å². The molecule has 1 aliphatic rings. The first-order valence-corrected chi connectivity index (χ1v) is 12.7. The van der Waals surface area contributed by atoms with Crippen molar-refractivity contribution in [2.24, 2.45) is 0 Å². The zero-order valence-corrected chi connectivity index (χ0v) is 20.3. The molecule has 0 radical (unpaired) electrons. The van der Waals surface area contributed by atoms with Gasteiger partial charge < -0.3 is 23.9 Å². The van der Waals surface area contributed by atoms with Crippen molar-refractivity contribution in [3.63, 3.8) is 0 Å². The molecule has 0 aliphatic carbocycles. The monoisotopic (exact) mass is 518 g/mol. The molecule has 4 rings (SSSR count). The largest absolute Gasteiger partial charge is 0.492 e. The fraction of sp³-hybridized carbons (Fsp3) is 0.333. The Hall–Kier alpha value is -3.61. The number of fused-ring (bicyclic) bond motifs is 1. The van der Waals surface area contributed by atoms with Crippen molar-refractivity contribution in [3.8, 4) is 11.5 Å². The molecular formula is C24H26N2O9S. The SMILES string of the molecule is COc1c(C(=O)NCCOc2ccc(S(=O)(=O)C3(C(=O)NO)CCOCC3)cc2)oc2ccccc12. The van der Waals surface area contributed by atoms with E-state index in [4.69, 9.17) is 23.8 Å². The van der Waals surface area contributed by atoms with Crippen molar-refractivity contribution in [2.75, 3.05) is 33.5 Å². The Labute approximate surface area is 207 Å². The lowest BCUT2D eigenvalue weighted by Gasteiger charge is -2.34. The first-order valence-electron chi connectivity index (χ1n) is 11.2. The summed E-state index contributed by atoms with van der Waals surface area (Å²) in [6.07, 6.45) is -0.147. The average Bonchev–Trinajstić information content (AvgIpc) is 3.30. The Morgan fingerprint density at radius 1 is 1.08 bits per heavy atom. The summed E-state index contributed by atoms with van der Waals surface area (Å²) in [6.45, 7) is 0.423. The number of para-hydroxylation sites is 1. The van der Waals surface area contributed by atoms with Gasteiger partial charge in [-0.15, -0.1) is 0 Å². The van der Waals surface area contributed by atoms with Gasteiger partial charge in [-0.05, 0) is 49.2 Å². The van der Waals surface area contributed by atoms with E-state index in [1.54, 1.807) is 18.2 Å². The van der Waals surface area contributed by atoms with E-state index in [-0.39, 0.29) is 49.9 Å². The van der Waals surface area contributed by atoms with Crippen LogP contribution in [0, 0.1) is 0 Å². The summed E-state index contributed by atoms with van der Waals surface area (Å²) < 4.78 is 46.5. The smallest absolute Gasteiger partial charge is 0.291 e. The number of hydrogen-bond acceptors (Lipinski definition) is 9. The van der Waals surface area contributed by atoms with Gasteiger partial charge in [-0.1, -0.05) is 12.1 Å². The number of benzene rings is 2. The van der Waals surface area contributed by atoms with Gasteiger partial charge in [-0.3, -0.25) is 14.8 Å². The minimum Gasteiger partial charge on any atom is -0.492 e. The van der Waals surface area contributed by atoms with Crippen molar-refractivity contribution in [1.29, 1.82) is 0 Å². The van der Waals surface area contributed by atoms with Crippen molar-refractivity contribution < 1.29 is 41.8 Å². The molecule has 0 unspecified atom stereocenters. The highest BCUT2D eigenvalue weighted by atomic mass is 32.2. The first kappa shape index (κ1) is 25.5. The predicted molar refractivity (Wildman–Crippen MR) is 127 cm³/mol. The minimum atomic E-state index is -4.12. The van der Waals surface area contributed by atoms with E-state index in [9.17, 15) is 18.0 Å². The summed E-state index contributed by atoms with van der Waals surface area (Å²) in [6, 6.07) is 12.7. The molecule has 2 heterocycles. The Morgan fingerprint density at radius 2 is 1.78 bits per heavy atom. The molecule has 2 amide bonds. The zero-order valence-electron chi connectivity index (χ0n) is 19.5. The quantitative estimate of drug-likeness (QED) is 0.219. The van der Waals surface area contributed by atoms with E-state index in [1.807, 2.05) is 6.07 Å². The number of rotatable bonds is 9. The van der Waals surface area contributed by atoms with Crippen LogP contribution in [0.5, 0.6) is 11.5 Å². The molecule has 192 valence electrons. The van der Waals surface area contributed by atoms with Crippen LogP contribution >= 0.6 is 0 Å². The minimum absolute atomic E-state index is 0.0576. The van der Waals surface area contributed by atoms with Crippen molar-refractivity contribution >= 4 is 32.6 Å². The number of sulfone groups is 1. The van der Waals surface area contributed by atoms with Crippen LogP contribution in [-0.4, -0.2) is 63.7 Å². The number of ether oxygens (including phenoxy) is 3. The number of nitrogens with one attached hydrogen (secondary N) is 2. The van der Waals surface area contributed by atoms with Crippen molar-refractivity contribution in [3.05, 3.63) is 54.3 Å². The molecule has 2 aromatic carbocycles. The average molecular weight is 519 g/mol. The van der Waals surface area contributed by atoms with Crippen LogP contribution in [0.4, 0.5) is 0 Å². The van der Waals surface area contributed by atoms with E-state index in [0.717, 1.165) is 0 Å². The second-order valence-corrected chi connectivity index (χ2v) is 10.3. The molecule has 0 bridgehead atoms. The second-order valence-electron chi connectivity index (χ2n) is 8.09. The standard InChI is InChI=1S/C24H26N2O9S/c1-32-20-18-4-2-3-5-19(18)35-21(20)22(27)25-12-15-34-16-6-8-17(9-7-16)36(30,31)24(23(28)26-29)10-13-33-14-11-24/h2-9,29H,10-15H2,1H3,(H,25,27)(H,26,28). The van der Waals surface area contributed by atoms with Gasteiger partial charge in [0.2, 0.25) is 5.76 Å². The molecule has 1 saturated heterocycles. The number of carbonyl (C=O) groups excluding carboxylic acids is 2. The molecule has 12 heteroatoms. The number of amides is 2. The molecular weight excluding hydrogens is 492 g/mol. The van der Waals surface area contributed by atoms with Gasteiger partial charge >= 0.3 is 0 Å². The van der Waals surface area contributed by atoms with Crippen LogP contribution in [0.15, 0.2) is 57.8 Å². The second kappa shape index (κ2) is 10.6. The molecule has 0 saturated carbocycles. The van der Waals surface area contributed by atoms with Crippen LogP contribution in [0.3, 0.4) is 0 Å². The van der Waals surface area contributed by atoms with Crippen LogP contribution in [0.25, 0.3) is 11.0 Å². The lowest BCUT2D eigenvalue weighted by Crippen LogP contribution is -2.54. The predicted octanol–water partition coefficient (Wildman–Crippen LogP) is 2.08. The van der Waals surface area contributed by atoms with Gasteiger partial charge in [-0.2, -0.15) is 0 Å². The number of hydrogen-bond donors (Lipinski definition) is 3. The summed E-state index contributed by atoms with van der Waals surface area (Å²) in [7, 11) is -2.66. The van der Waals surface area contributed by atoms with E-state index < -0.39 is 26.4 Å². The van der Waals surface area contributed by atoms with E-state index >= 15 is 0 Å². The maximum atomic E-state index is 13.3. The summed E-state index contributed by atoms with van der Waals surface area (Å²) in [5, 5.41) is 12.5. The van der Waals surface area contributed by atoms with E-state index in [2.05, 4.69) is 5.32 Å². The number of furan rings is 1. The van der Waals surface area contributed by atoms with Crippen LogP contribution < -0.4 is 20.3 Å². The Bertz CT molecular complexity index is 1340. The third-order valence-corrected chi connectivity index (χ3v) is 8.60. The third kappa shape index (κ3) is 4.62. The maximum Gasteiger partial charge on any atom is 0.291 e. The van der Waals surface area contributed by atoms with Crippen LogP contribution in [0.1, 0.15) is 23.4 Å². The first-order chi connectivity index (χ1) is 17.3. The summed E-state index contributed by atoms with van der Waals surface area (Å²) in [5.74, 6) is -0.669. The highest BCUT2D eigenvalue weighted by Gasteiger charge is 2.52. The fourth-order valence-corrected chi connectivity index (χ4v) is 6.09. The maximum absolute atomic E-state index is 13.3. The van der Waals surface area contributed by atoms with Gasteiger partial charge in [0.1, 0.15) is 17.9 Å². The molecule has 1 aromatic heterocycles. The van der Waals surface area contributed by atoms with Gasteiger partial charge in [0, 0.05) is 13.2 Å². The zero-order chi connectivity index (χ0) is 25.8. The van der Waals surface area contributed by atoms with Gasteiger partial charge in [-0.25, -0.2) is 13.9 Å². The number of carbonyl (C=O) groups is 2. The molecule has 0 spiro atoms. The summed E-state index contributed by atoms with van der Waals surface area (Å²) in [4.78, 5) is 24.8. The van der Waals surface area contributed by atoms with E-state index in [0.29, 0.717) is 22.5 Å². The molecule has 1 aliphatic heterocycles. The summed E-state index contributed by atoms with van der Waals surface area (Å²) >= 11 is 0. The number of hydroxylamine groups is 1. The van der Waals surface area contributed by atoms with Crippen LogP contribution in [-0.2, 0) is 19.4 Å². The topological polar surface area (TPSA) is 153 Å². The Balaban J connectivity index is 1.37. The van der Waals surface area contributed by atoms with Gasteiger partial charge in [0.05, 0.1) is 23.9 Å². The molecule has 36 heavy (non-hydrogen) atoms. The molecule has 3 N–H and O–H groups in total. The highest BCUT2D eigenvalue weighted by Crippen LogP contribution is 2.36. The van der Waals surface area contributed by atoms with Gasteiger partial charge in [0.15, 0.2) is 20.3 Å². The lowest BCUT2D eigenvalue weighted by molar-refractivity contribution is -0.134. The summed E-state index contributed by atoms with van der Waals surface area (Å²) in [5.41, 5.74) is 2.02. The number of methoxy groups -OCH3 is 1. The normalized spacial score (nSPS) is 15.3. The molecule has 3 aromatic rings. The Morgan fingerprint density at radius 3 is 2.44 bits per heavy atom. The Kier molecular flexibility index (Phi) is 7.48. The lowest BCUT2D eigenvalue weighted by atomic mass is 9.98. The fourth-order valence-electron chi connectivity index (χ4n) is 4.15. The third-order valence-electron chi connectivity index (χ3n) is 6.08. The van der Waals surface area contributed by atoms with Crippen molar-refractivity contribution in [2.45, 2.75) is 22.5 Å². The molecule has 0 atom stereocenters. The van der Waals surface area contributed by atoms with E-state index in [1.165, 1.54) is 36.9 Å². The molecule has 1 fully saturated rings. The molecule has 11 nitrogen and oxygen atoms in total.